The normalized spacial score (nSPS) is 12.8. The van der Waals surface area contributed by atoms with E-state index in [2.05, 4.69) is 49.2 Å². The third kappa shape index (κ3) is 2.85. The van der Waals surface area contributed by atoms with E-state index in [0.29, 0.717) is 5.69 Å². The highest BCUT2D eigenvalue weighted by molar-refractivity contribution is 5.42. The van der Waals surface area contributed by atoms with Crippen LogP contribution in [0.1, 0.15) is 49.1 Å². The van der Waals surface area contributed by atoms with Gasteiger partial charge in [-0.3, -0.25) is 0 Å². The summed E-state index contributed by atoms with van der Waals surface area (Å²) in [4.78, 5) is 0. The monoisotopic (exact) mass is 265 g/mol. The minimum atomic E-state index is -0.363. The average molecular weight is 265 g/mol. The van der Waals surface area contributed by atoms with Gasteiger partial charge in [0.25, 0.3) is 0 Å². The minimum Gasteiger partial charge on any atom is -0.197 e. The van der Waals surface area contributed by atoms with Crippen LogP contribution in [0, 0.1) is 18.3 Å². The van der Waals surface area contributed by atoms with E-state index in [1.807, 2.05) is 25.1 Å². The first-order chi connectivity index (χ1) is 9.43. The van der Waals surface area contributed by atoms with Gasteiger partial charge in [0.15, 0.2) is 0 Å². The lowest BCUT2D eigenvalue weighted by Crippen LogP contribution is -2.12. The molecule has 0 aliphatic rings. The van der Waals surface area contributed by atoms with Gasteiger partial charge in [0.05, 0.1) is 11.8 Å². The molecule has 0 saturated carbocycles. The fourth-order valence-electron chi connectivity index (χ4n) is 2.23. The molecule has 1 aromatic carbocycles. The van der Waals surface area contributed by atoms with Crippen molar-refractivity contribution in [1.82, 2.24) is 10.2 Å². The molecule has 1 aromatic heterocycles. The second kappa shape index (κ2) is 5.42. The Bertz CT molecular complexity index is 634. The van der Waals surface area contributed by atoms with Gasteiger partial charge in [-0.2, -0.15) is 15.5 Å². The Morgan fingerprint density at radius 3 is 2.45 bits per heavy atom. The molecule has 0 radical (unpaired) electrons. The number of nitrogens with zero attached hydrogens (tertiary/aromatic N) is 3. The van der Waals surface area contributed by atoms with Gasteiger partial charge in [0.1, 0.15) is 5.92 Å². The molecule has 3 nitrogen and oxygen atoms in total. The standard InChI is InChI=1S/C17H19N3/c1-12-10-13(17(2,3)4)7-8-14(12)15(11-18)16-6-5-9-19-20-16/h5-10,15H,1-4H3. The summed E-state index contributed by atoms with van der Waals surface area (Å²) in [7, 11) is 0. The summed E-state index contributed by atoms with van der Waals surface area (Å²) in [6.07, 6.45) is 1.62. The van der Waals surface area contributed by atoms with Gasteiger partial charge in [0, 0.05) is 6.20 Å². The Labute approximate surface area is 120 Å². The van der Waals surface area contributed by atoms with Crippen molar-refractivity contribution in [3.8, 4) is 6.07 Å². The van der Waals surface area contributed by atoms with Crippen LogP contribution in [0.4, 0.5) is 0 Å². The first kappa shape index (κ1) is 14.2. The molecule has 0 saturated heterocycles. The second-order valence-electron chi connectivity index (χ2n) is 6.03. The third-order valence-corrected chi connectivity index (χ3v) is 3.46. The molecule has 0 N–H and O–H groups in total. The van der Waals surface area contributed by atoms with Crippen molar-refractivity contribution in [1.29, 1.82) is 5.26 Å². The molecule has 0 aliphatic heterocycles. The molecule has 1 unspecified atom stereocenters. The largest absolute Gasteiger partial charge is 0.197 e. The van der Waals surface area contributed by atoms with E-state index in [-0.39, 0.29) is 11.3 Å². The third-order valence-electron chi connectivity index (χ3n) is 3.46. The summed E-state index contributed by atoms with van der Waals surface area (Å²) in [6, 6.07) is 12.3. The molecule has 20 heavy (non-hydrogen) atoms. The number of nitriles is 1. The number of rotatable bonds is 2. The van der Waals surface area contributed by atoms with Crippen LogP contribution in [0.5, 0.6) is 0 Å². The van der Waals surface area contributed by atoms with E-state index in [1.54, 1.807) is 6.20 Å². The summed E-state index contributed by atoms with van der Waals surface area (Å²) in [5, 5.41) is 17.4. The lowest BCUT2D eigenvalue weighted by Gasteiger charge is -2.21. The Balaban J connectivity index is 2.45. The first-order valence-corrected chi connectivity index (χ1v) is 6.71. The van der Waals surface area contributed by atoms with E-state index in [1.165, 1.54) is 5.56 Å². The van der Waals surface area contributed by atoms with E-state index >= 15 is 0 Å². The highest BCUT2D eigenvalue weighted by Gasteiger charge is 2.20. The van der Waals surface area contributed by atoms with E-state index in [4.69, 9.17) is 0 Å². The SMILES string of the molecule is Cc1cc(C(C)(C)C)ccc1C(C#N)c1cccnn1. The Morgan fingerprint density at radius 2 is 1.95 bits per heavy atom. The number of benzene rings is 1. The Kier molecular flexibility index (Phi) is 3.85. The number of hydrogen-bond donors (Lipinski definition) is 0. The fourth-order valence-corrected chi connectivity index (χ4v) is 2.23. The number of aromatic nitrogens is 2. The molecule has 0 spiro atoms. The Morgan fingerprint density at radius 1 is 1.20 bits per heavy atom. The molecule has 2 aromatic rings. The van der Waals surface area contributed by atoms with Crippen LogP contribution < -0.4 is 0 Å². The van der Waals surface area contributed by atoms with Gasteiger partial charge in [-0.05, 0) is 41.2 Å². The van der Waals surface area contributed by atoms with Crippen LogP contribution in [-0.2, 0) is 5.41 Å². The maximum absolute atomic E-state index is 9.47. The summed E-state index contributed by atoms with van der Waals surface area (Å²) in [5.41, 5.74) is 4.20. The molecule has 1 heterocycles. The average Bonchev–Trinajstić information content (AvgIpc) is 2.41. The van der Waals surface area contributed by atoms with Crippen molar-refractivity contribution in [2.45, 2.75) is 39.0 Å². The van der Waals surface area contributed by atoms with Gasteiger partial charge in [-0.1, -0.05) is 39.0 Å². The summed E-state index contributed by atoms with van der Waals surface area (Å²) >= 11 is 0. The lowest BCUT2D eigenvalue weighted by molar-refractivity contribution is 0.589. The van der Waals surface area contributed by atoms with Gasteiger partial charge in [0.2, 0.25) is 0 Å². The van der Waals surface area contributed by atoms with Crippen molar-refractivity contribution in [2.75, 3.05) is 0 Å². The highest BCUT2D eigenvalue weighted by atomic mass is 15.1. The van der Waals surface area contributed by atoms with Gasteiger partial charge in [-0.15, -0.1) is 0 Å². The van der Waals surface area contributed by atoms with Crippen LogP contribution in [0.25, 0.3) is 0 Å². The summed E-state index contributed by atoms with van der Waals surface area (Å²) in [6.45, 7) is 8.61. The van der Waals surface area contributed by atoms with Gasteiger partial charge in [-0.25, -0.2) is 0 Å². The predicted octanol–water partition coefficient (Wildman–Crippen LogP) is 3.74. The quantitative estimate of drug-likeness (QED) is 0.831. The molecular weight excluding hydrogens is 246 g/mol. The number of hydrogen-bond acceptors (Lipinski definition) is 3. The zero-order valence-electron chi connectivity index (χ0n) is 12.4. The fraction of sp³-hybridized carbons (Fsp3) is 0.353. The minimum absolute atomic E-state index is 0.109. The summed E-state index contributed by atoms with van der Waals surface area (Å²) < 4.78 is 0. The van der Waals surface area contributed by atoms with Crippen LogP contribution in [0.15, 0.2) is 36.5 Å². The molecular formula is C17H19N3. The van der Waals surface area contributed by atoms with Gasteiger partial charge < -0.3 is 0 Å². The van der Waals surface area contributed by atoms with Gasteiger partial charge >= 0.3 is 0 Å². The smallest absolute Gasteiger partial charge is 0.115 e. The van der Waals surface area contributed by atoms with Crippen LogP contribution >= 0.6 is 0 Å². The molecule has 102 valence electrons. The Hall–Kier alpha value is -2.21. The molecule has 2 rings (SSSR count). The van der Waals surface area contributed by atoms with Crippen LogP contribution in [0.3, 0.4) is 0 Å². The molecule has 1 atom stereocenters. The topological polar surface area (TPSA) is 49.6 Å². The predicted molar refractivity (Wildman–Crippen MR) is 79.4 cm³/mol. The van der Waals surface area contributed by atoms with Crippen molar-refractivity contribution in [3.05, 3.63) is 58.9 Å². The lowest BCUT2D eigenvalue weighted by atomic mass is 9.83. The van der Waals surface area contributed by atoms with E-state index < -0.39 is 0 Å². The maximum Gasteiger partial charge on any atom is 0.115 e. The molecule has 0 bridgehead atoms. The van der Waals surface area contributed by atoms with E-state index in [0.717, 1.165) is 11.1 Å². The first-order valence-electron chi connectivity index (χ1n) is 6.71. The molecule has 0 amide bonds. The summed E-state index contributed by atoms with van der Waals surface area (Å²) in [5.74, 6) is -0.363. The van der Waals surface area contributed by atoms with Crippen LogP contribution in [0.2, 0.25) is 0 Å². The van der Waals surface area contributed by atoms with Crippen molar-refractivity contribution >= 4 is 0 Å². The molecule has 3 heteroatoms. The van der Waals surface area contributed by atoms with E-state index in [9.17, 15) is 5.26 Å². The second-order valence-corrected chi connectivity index (χ2v) is 6.03. The highest BCUT2D eigenvalue weighted by Crippen LogP contribution is 2.29. The van der Waals surface area contributed by atoms with Crippen molar-refractivity contribution < 1.29 is 0 Å². The van der Waals surface area contributed by atoms with Crippen molar-refractivity contribution in [2.24, 2.45) is 0 Å². The van der Waals surface area contributed by atoms with Crippen LogP contribution in [-0.4, -0.2) is 10.2 Å². The zero-order chi connectivity index (χ0) is 14.8. The number of aryl methyl sites for hydroxylation is 1. The zero-order valence-corrected chi connectivity index (χ0v) is 12.4. The molecule has 0 aliphatic carbocycles. The molecule has 0 fully saturated rings. The maximum atomic E-state index is 9.47. The van der Waals surface area contributed by atoms with Crippen molar-refractivity contribution in [3.63, 3.8) is 0 Å².